The number of carbonyl (C=O) groups is 1. The third-order valence-electron chi connectivity index (χ3n) is 3.84. The van der Waals surface area contributed by atoms with Crippen molar-refractivity contribution < 1.29 is 4.79 Å². The Hall–Kier alpha value is -1.35. The molecule has 0 saturated carbocycles. The van der Waals surface area contributed by atoms with Gasteiger partial charge in [0.1, 0.15) is 0 Å². The number of amides is 1. The summed E-state index contributed by atoms with van der Waals surface area (Å²) < 4.78 is 0. The van der Waals surface area contributed by atoms with Crippen LogP contribution in [0.1, 0.15) is 36.0 Å². The Kier molecular flexibility index (Phi) is 2.85. The highest BCUT2D eigenvalue weighted by atomic mass is 16.1. The Morgan fingerprint density at radius 3 is 2.41 bits per heavy atom. The van der Waals surface area contributed by atoms with E-state index in [1.807, 2.05) is 30.3 Å². The van der Waals surface area contributed by atoms with Crippen molar-refractivity contribution in [3.63, 3.8) is 0 Å². The van der Waals surface area contributed by atoms with Gasteiger partial charge in [-0.25, -0.2) is 0 Å². The van der Waals surface area contributed by atoms with Crippen molar-refractivity contribution in [1.29, 1.82) is 0 Å². The molecular weight excluding hydrogens is 212 g/mol. The highest BCUT2D eigenvalue weighted by Crippen LogP contribution is 2.26. The first-order valence-electron chi connectivity index (χ1n) is 6.43. The Morgan fingerprint density at radius 1 is 1.12 bits per heavy atom. The summed E-state index contributed by atoms with van der Waals surface area (Å²) in [5.74, 6) is 0.0666. The van der Waals surface area contributed by atoms with Crippen LogP contribution in [0.25, 0.3) is 0 Å². The zero-order valence-corrected chi connectivity index (χ0v) is 9.86. The lowest BCUT2D eigenvalue weighted by molar-refractivity contribution is 0.0924. The SMILES string of the molecule is O=C(NC1C[C@@H]2CC[C@@H](C1)N2)c1ccccc1. The number of benzene rings is 1. The molecular formula is C14H18N2O. The molecule has 2 bridgehead atoms. The van der Waals surface area contributed by atoms with Crippen LogP contribution in [0.5, 0.6) is 0 Å². The quantitative estimate of drug-likeness (QED) is 0.812. The monoisotopic (exact) mass is 230 g/mol. The molecule has 0 unspecified atom stereocenters. The minimum absolute atomic E-state index is 0.0666. The van der Waals surface area contributed by atoms with Crippen LogP contribution >= 0.6 is 0 Å². The summed E-state index contributed by atoms with van der Waals surface area (Å²) in [6.45, 7) is 0. The van der Waals surface area contributed by atoms with E-state index in [0.717, 1.165) is 18.4 Å². The van der Waals surface area contributed by atoms with E-state index in [-0.39, 0.29) is 5.91 Å². The minimum atomic E-state index is 0.0666. The molecule has 1 aromatic carbocycles. The third kappa shape index (κ3) is 2.34. The van der Waals surface area contributed by atoms with E-state index in [2.05, 4.69) is 10.6 Å². The third-order valence-corrected chi connectivity index (χ3v) is 3.84. The molecule has 2 aliphatic rings. The normalized spacial score (nSPS) is 31.2. The molecule has 0 spiro atoms. The number of hydrogen-bond donors (Lipinski definition) is 2. The topological polar surface area (TPSA) is 41.1 Å². The van der Waals surface area contributed by atoms with E-state index in [0.29, 0.717) is 18.1 Å². The maximum atomic E-state index is 12.0. The number of rotatable bonds is 2. The Bertz CT molecular complexity index is 392. The molecule has 1 amide bonds. The first-order chi connectivity index (χ1) is 8.31. The van der Waals surface area contributed by atoms with Gasteiger partial charge in [0.15, 0.2) is 0 Å². The summed E-state index contributed by atoms with van der Waals surface area (Å²) in [4.78, 5) is 12.0. The average Bonchev–Trinajstić information content (AvgIpc) is 2.70. The first kappa shape index (κ1) is 10.8. The van der Waals surface area contributed by atoms with Gasteiger partial charge in [0.2, 0.25) is 0 Å². The molecule has 2 saturated heterocycles. The van der Waals surface area contributed by atoms with Gasteiger partial charge in [0.25, 0.3) is 5.91 Å². The number of hydrogen-bond acceptors (Lipinski definition) is 2. The van der Waals surface area contributed by atoms with Gasteiger partial charge in [-0.1, -0.05) is 18.2 Å². The molecule has 0 aliphatic carbocycles. The van der Waals surface area contributed by atoms with Gasteiger partial charge in [-0.05, 0) is 37.8 Å². The zero-order valence-electron chi connectivity index (χ0n) is 9.86. The van der Waals surface area contributed by atoms with Crippen LogP contribution in [0.4, 0.5) is 0 Å². The lowest BCUT2D eigenvalue weighted by Crippen LogP contribution is -2.48. The highest BCUT2D eigenvalue weighted by molar-refractivity contribution is 5.94. The smallest absolute Gasteiger partial charge is 0.251 e. The van der Waals surface area contributed by atoms with Crippen molar-refractivity contribution in [3.8, 4) is 0 Å². The van der Waals surface area contributed by atoms with E-state index in [9.17, 15) is 4.79 Å². The first-order valence-corrected chi connectivity index (χ1v) is 6.43. The largest absolute Gasteiger partial charge is 0.349 e. The van der Waals surface area contributed by atoms with Gasteiger partial charge < -0.3 is 10.6 Å². The molecule has 2 fully saturated rings. The van der Waals surface area contributed by atoms with Crippen molar-refractivity contribution in [2.24, 2.45) is 0 Å². The van der Waals surface area contributed by atoms with Crippen LogP contribution in [0, 0.1) is 0 Å². The second-order valence-corrected chi connectivity index (χ2v) is 5.15. The highest BCUT2D eigenvalue weighted by Gasteiger charge is 2.33. The van der Waals surface area contributed by atoms with Crippen LogP contribution in [0.15, 0.2) is 30.3 Å². The fourth-order valence-electron chi connectivity index (χ4n) is 3.03. The summed E-state index contributed by atoms with van der Waals surface area (Å²) in [5, 5.41) is 6.74. The van der Waals surface area contributed by atoms with Gasteiger partial charge in [-0.15, -0.1) is 0 Å². The maximum absolute atomic E-state index is 12.0. The van der Waals surface area contributed by atoms with Crippen LogP contribution in [-0.4, -0.2) is 24.0 Å². The predicted octanol–water partition coefficient (Wildman–Crippen LogP) is 1.70. The Balaban J connectivity index is 1.62. The minimum Gasteiger partial charge on any atom is -0.349 e. The summed E-state index contributed by atoms with van der Waals surface area (Å²) in [7, 11) is 0. The van der Waals surface area contributed by atoms with E-state index in [1.54, 1.807) is 0 Å². The van der Waals surface area contributed by atoms with Gasteiger partial charge in [-0.3, -0.25) is 4.79 Å². The second-order valence-electron chi connectivity index (χ2n) is 5.15. The molecule has 2 N–H and O–H groups in total. The van der Waals surface area contributed by atoms with Gasteiger partial charge in [-0.2, -0.15) is 0 Å². The molecule has 3 heteroatoms. The van der Waals surface area contributed by atoms with Gasteiger partial charge in [0, 0.05) is 23.7 Å². The predicted molar refractivity (Wildman–Crippen MR) is 66.9 cm³/mol. The average molecular weight is 230 g/mol. The van der Waals surface area contributed by atoms with E-state index >= 15 is 0 Å². The molecule has 0 aromatic heterocycles. The van der Waals surface area contributed by atoms with Gasteiger partial charge in [0.05, 0.1) is 0 Å². The second kappa shape index (κ2) is 4.49. The maximum Gasteiger partial charge on any atom is 0.251 e. The van der Waals surface area contributed by atoms with Crippen LogP contribution < -0.4 is 10.6 Å². The van der Waals surface area contributed by atoms with Crippen molar-refractivity contribution >= 4 is 5.91 Å². The lowest BCUT2D eigenvalue weighted by atomic mass is 9.99. The molecule has 0 radical (unpaired) electrons. The van der Waals surface area contributed by atoms with Crippen LogP contribution in [-0.2, 0) is 0 Å². The number of piperidine rings is 1. The molecule has 2 atom stereocenters. The van der Waals surface area contributed by atoms with Crippen molar-refractivity contribution in [3.05, 3.63) is 35.9 Å². The number of fused-ring (bicyclic) bond motifs is 2. The number of nitrogens with one attached hydrogen (secondary N) is 2. The Morgan fingerprint density at radius 2 is 1.76 bits per heavy atom. The number of carbonyl (C=O) groups excluding carboxylic acids is 1. The molecule has 1 aromatic rings. The molecule has 2 aliphatic heterocycles. The van der Waals surface area contributed by atoms with Crippen LogP contribution in [0.3, 0.4) is 0 Å². The van der Waals surface area contributed by atoms with Gasteiger partial charge >= 0.3 is 0 Å². The molecule has 17 heavy (non-hydrogen) atoms. The summed E-state index contributed by atoms with van der Waals surface area (Å²) in [6, 6.07) is 11.1. The summed E-state index contributed by atoms with van der Waals surface area (Å²) in [6.07, 6.45) is 4.69. The molecule has 3 nitrogen and oxygen atoms in total. The summed E-state index contributed by atoms with van der Waals surface area (Å²) in [5.41, 5.74) is 0.762. The molecule has 3 rings (SSSR count). The van der Waals surface area contributed by atoms with E-state index in [4.69, 9.17) is 0 Å². The van der Waals surface area contributed by atoms with Crippen molar-refractivity contribution in [2.75, 3.05) is 0 Å². The van der Waals surface area contributed by atoms with Crippen LogP contribution in [0.2, 0.25) is 0 Å². The van der Waals surface area contributed by atoms with E-state index in [1.165, 1.54) is 12.8 Å². The fourth-order valence-corrected chi connectivity index (χ4v) is 3.03. The van der Waals surface area contributed by atoms with Crippen molar-refractivity contribution in [1.82, 2.24) is 10.6 Å². The zero-order chi connectivity index (χ0) is 11.7. The fraction of sp³-hybridized carbons (Fsp3) is 0.500. The van der Waals surface area contributed by atoms with E-state index < -0.39 is 0 Å². The van der Waals surface area contributed by atoms with Crippen molar-refractivity contribution in [2.45, 2.75) is 43.8 Å². The summed E-state index contributed by atoms with van der Waals surface area (Å²) >= 11 is 0. The lowest BCUT2D eigenvalue weighted by Gasteiger charge is -2.29. The molecule has 90 valence electrons. The standard InChI is InChI=1S/C14H18N2O/c17-14(10-4-2-1-3-5-10)16-13-8-11-6-7-12(9-13)15-11/h1-5,11-13,15H,6-9H2,(H,16,17)/t11-,12-/m0/s1. The Labute approximate surface area is 102 Å². The molecule has 2 heterocycles.